The van der Waals surface area contributed by atoms with Gasteiger partial charge in [0.1, 0.15) is 5.75 Å². The van der Waals surface area contributed by atoms with Crippen molar-refractivity contribution in [3.63, 3.8) is 0 Å². The average molecular weight is 279 g/mol. The third-order valence-electron chi connectivity index (χ3n) is 3.13. The van der Waals surface area contributed by atoms with Crippen LogP contribution in [0.2, 0.25) is 0 Å². The molecule has 0 aliphatic carbocycles. The minimum atomic E-state index is 0.540. The molecule has 104 valence electrons. The van der Waals surface area contributed by atoms with Crippen molar-refractivity contribution in [1.29, 1.82) is 0 Å². The van der Waals surface area contributed by atoms with Gasteiger partial charge in [-0.1, -0.05) is 25.1 Å². The van der Waals surface area contributed by atoms with E-state index in [1.807, 2.05) is 25.2 Å². The Bertz CT molecular complexity index is 526. The van der Waals surface area contributed by atoms with Crippen LogP contribution in [0.15, 0.2) is 23.4 Å². The molecular weight excluding hydrogens is 258 g/mol. The fourth-order valence-corrected chi connectivity index (χ4v) is 3.04. The van der Waals surface area contributed by atoms with Gasteiger partial charge in [0, 0.05) is 17.9 Å². The van der Waals surface area contributed by atoms with Crippen molar-refractivity contribution >= 4 is 22.8 Å². The van der Waals surface area contributed by atoms with E-state index in [9.17, 15) is 0 Å². The van der Waals surface area contributed by atoms with Gasteiger partial charge in [-0.15, -0.1) is 0 Å². The van der Waals surface area contributed by atoms with Crippen LogP contribution in [0, 0.1) is 0 Å². The summed E-state index contributed by atoms with van der Waals surface area (Å²) in [6.07, 6.45) is 2.39. The van der Waals surface area contributed by atoms with Gasteiger partial charge in [0.25, 0.3) is 0 Å². The van der Waals surface area contributed by atoms with Crippen molar-refractivity contribution in [3.8, 4) is 5.75 Å². The molecule has 1 aromatic carbocycles. The van der Waals surface area contributed by atoms with Crippen LogP contribution in [0.4, 0.5) is 0 Å². The van der Waals surface area contributed by atoms with E-state index in [1.54, 1.807) is 18.9 Å². The molecular formula is C14H21N3OS. The second-order valence-electron chi connectivity index (χ2n) is 4.51. The largest absolute Gasteiger partial charge is 0.497 e. The van der Waals surface area contributed by atoms with Gasteiger partial charge in [-0.25, -0.2) is 4.98 Å². The van der Waals surface area contributed by atoms with Gasteiger partial charge in [-0.2, -0.15) is 0 Å². The predicted molar refractivity (Wildman–Crippen MR) is 81.1 cm³/mol. The molecule has 2 rings (SSSR count). The molecule has 2 N–H and O–H groups in total. The van der Waals surface area contributed by atoms with Gasteiger partial charge < -0.3 is 15.0 Å². The number of nitrogens with one attached hydrogen (secondary N) is 2. The molecule has 0 spiro atoms. The van der Waals surface area contributed by atoms with Gasteiger partial charge in [0.05, 0.1) is 18.1 Å². The molecule has 1 heterocycles. The van der Waals surface area contributed by atoms with Crippen LogP contribution in [0.1, 0.15) is 19.8 Å². The molecule has 1 aromatic heterocycles. The molecule has 0 saturated carbocycles. The maximum atomic E-state index is 5.21. The van der Waals surface area contributed by atoms with Crippen molar-refractivity contribution in [3.05, 3.63) is 18.2 Å². The van der Waals surface area contributed by atoms with E-state index in [0.29, 0.717) is 6.04 Å². The Balaban J connectivity index is 2.04. The van der Waals surface area contributed by atoms with Crippen LogP contribution in [0.5, 0.6) is 5.75 Å². The molecule has 0 amide bonds. The van der Waals surface area contributed by atoms with E-state index in [2.05, 4.69) is 22.2 Å². The summed E-state index contributed by atoms with van der Waals surface area (Å²) in [5.41, 5.74) is 2.01. The minimum Gasteiger partial charge on any atom is -0.497 e. The second kappa shape index (κ2) is 6.82. The van der Waals surface area contributed by atoms with Crippen LogP contribution >= 0.6 is 11.8 Å². The molecule has 4 nitrogen and oxygen atoms in total. The fraction of sp³-hybridized carbons (Fsp3) is 0.500. The Labute approximate surface area is 118 Å². The third kappa shape index (κ3) is 3.64. The zero-order valence-corrected chi connectivity index (χ0v) is 12.5. The first-order valence-electron chi connectivity index (χ1n) is 6.60. The molecule has 19 heavy (non-hydrogen) atoms. The van der Waals surface area contributed by atoms with Crippen LogP contribution in [-0.2, 0) is 0 Å². The highest BCUT2D eigenvalue weighted by Gasteiger charge is 2.09. The first-order valence-corrected chi connectivity index (χ1v) is 7.59. The Kier molecular flexibility index (Phi) is 5.10. The number of aromatic nitrogens is 2. The smallest absolute Gasteiger partial charge is 0.166 e. The van der Waals surface area contributed by atoms with Crippen LogP contribution in [0.25, 0.3) is 11.0 Å². The number of rotatable bonds is 7. The summed E-state index contributed by atoms with van der Waals surface area (Å²) in [6, 6.07) is 6.44. The van der Waals surface area contributed by atoms with Gasteiger partial charge in [-0.3, -0.25) is 0 Å². The lowest BCUT2D eigenvalue weighted by atomic mass is 10.2. The molecule has 0 fully saturated rings. The molecule has 1 atom stereocenters. The summed E-state index contributed by atoms with van der Waals surface area (Å²) in [5.74, 6) is 1.88. The number of hydrogen-bond donors (Lipinski definition) is 2. The number of thioether (sulfide) groups is 1. The normalized spacial score (nSPS) is 12.8. The first-order chi connectivity index (χ1) is 9.26. The van der Waals surface area contributed by atoms with E-state index < -0.39 is 0 Å². The van der Waals surface area contributed by atoms with E-state index in [1.165, 1.54) is 12.8 Å². The van der Waals surface area contributed by atoms with E-state index in [-0.39, 0.29) is 0 Å². The molecule has 0 radical (unpaired) electrons. The lowest BCUT2D eigenvalue weighted by molar-refractivity contribution is 0.415. The van der Waals surface area contributed by atoms with Crippen molar-refractivity contribution in [2.45, 2.75) is 31.0 Å². The number of aromatic amines is 1. The summed E-state index contributed by atoms with van der Waals surface area (Å²) in [7, 11) is 3.69. The highest BCUT2D eigenvalue weighted by atomic mass is 32.2. The average Bonchev–Trinajstić information content (AvgIpc) is 2.84. The number of hydrogen-bond acceptors (Lipinski definition) is 4. The van der Waals surface area contributed by atoms with E-state index >= 15 is 0 Å². The molecule has 5 heteroatoms. The maximum Gasteiger partial charge on any atom is 0.166 e. The molecule has 0 bridgehead atoms. The Morgan fingerprint density at radius 2 is 2.32 bits per heavy atom. The summed E-state index contributed by atoms with van der Waals surface area (Å²) in [6.45, 7) is 2.21. The topological polar surface area (TPSA) is 49.9 Å². The van der Waals surface area contributed by atoms with Gasteiger partial charge >= 0.3 is 0 Å². The van der Waals surface area contributed by atoms with Gasteiger partial charge in [-0.05, 0) is 25.6 Å². The maximum absolute atomic E-state index is 5.21. The molecule has 0 saturated heterocycles. The summed E-state index contributed by atoms with van der Waals surface area (Å²) >= 11 is 1.76. The van der Waals surface area contributed by atoms with Crippen LogP contribution in [-0.4, -0.2) is 35.9 Å². The summed E-state index contributed by atoms with van der Waals surface area (Å²) in [5, 5.41) is 4.31. The van der Waals surface area contributed by atoms with Gasteiger partial charge in [0.15, 0.2) is 5.16 Å². The van der Waals surface area contributed by atoms with Gasteiger partial charge in [0.2, 0.25) is 0 Å². The number of imidazole rings is 1. The predicted octanol–water partition coefficient (Wildman–Crippen LogP) is 3.05. The lowest BCUT2D eigenvalue weighted by Gasteiger charge is -2.13. The van der Waals surface area contributed by atoms with Crippen molar-refractivity contribution in [1.82, 2.24) is 15.3 Å². The Morgan fingerprint density at radius 3 is 3.00 bits per heavy atom. The third-order valence-corrected chi connectivity index (χ3v) is 4.17. The SMILES string of the molecule is CCCC(CSc1nc2ccc(OC)cc2[nH]1)NC. The van der Waals surface area contributed by atoms with Crippen molar-refractivity contribution < 1.29 is 4.74 Å². The molecule has 1 unspecified atom stereocenters. The highest BCUT2D eigenvalue weighted by molar-refractivity contribution is 7.99. The summed E-state index contributed by atoms with van der Waals surface area (Å²) in [4.78, 5) is 7.91. The number of benzene rings is 1. The van der Waals surface area contributed by atoms with E-state index in [0.717, 1.165) is 27.7 Å². The zero-order chi connectivity index (χ0) is 13.7. The molecule has 2 aromatic rings. The minimum absolute atomic E-state index is 0.540. The van der Waals surface area contributed by atoms with E-state index in [4.69, 9.17) is 4.74 Å². The quantitative estimate of drug-likeness (QED) is 0.765. The molecule has 0 aliphatic rings. The van der Waals surface area contributed by atoms with Crippen molar-refractivity contribution in [2.75, 3.05) is 19.9 Å². The van der Waals surface area contributed by atoms with Crippen LogP contribution < -0.4 is 10.1 Å². The molecule has 0 aliphatic heterocycles. The Morgan fingerprint density at radius 1 is 1.47 bits per heavy atom. The van der Waals surface area contributed by atoms with Crippen LogP contribution in [0.3, 0.4) is 0 Å². The number of ether oxygens (including phenoxy) is 1. The standard InChI is InChI=1S/C14H21N3OS/c1-4-5-10(15-2)9-19-14-16-12-7-6-11(18-3)8-13(12)17-14/h6-8,10,15H,4-5,9H2,1-3H3,(H,16,17). The highest BCUT2D eigenvalue weighted by Crippen LogP contribution is 2.23. The number of methoxy groups -OCH3 is 1. The number of H-pyrrole nitrogens is 1. The number of nitrogens with zero attached hydrogens (tertiary/aromatic N) is 1. The second-order valence-corrected chi connectivity index (χ2v) is 5.52. The lowest BCUT2D eigenvalue weighted by Crippen LogP contribution is -2.27. The Hall–Kier alpha value is -1.20. The fourth-order valence-electron chi connectivity index (χ4n) is 2.00. The number of fused-ring (bicyclic) bond motifs is 1. The monoisotopic (exact) mass is 279 g/mol. The van der Waals surface area contributed by atoms with Crippen molar-refractivity contribution in [2.24, 2.45) is 0 Å². The summed E-state index contributed by atoms with van der Waals surface area (Å²) < 4.78 is 5.21. The zero-order valence-electron chi connectivity index (χ0n) is 11.7. The first kappa shape index (κ1) is 14.2.